The molecule has 4 nitrogen and oxygen atoms in total. The lowest BCUT2D eigenvalue weighted by molar-refractivity contribution is -0.275. The molecule has 0 radical (unpaired) electrons. The number of rotatable bonds is 4. The van der Waals surface area contributed by atoms with E-state index in [2.05, 4.69) is 14.5 Å². The second-order valence-corrected chi connectivity index (χ2v) is 4.30. The zero-order chi connectivity index (χ0) is 15.5. The van der Waals surface area contributed by atoms with Crippen molar-refractivity contribution in [2.24, 2.45) is 0 Å². The summed E-state index contributed by atoms with van der Waals surface area (Å²) in [4.78, 5) is 14.9. The topological polar surface area (TPSA) is 48.4 Å². The largest absolute Gasteiger partial charge is 0.573 e. The molecule has 20 heavy (non-hydrogen) atoms. The number of carbonyl (C=O) groups excluding carboxylic acids is 1. The lowest BCUT2D eigenvalue weighted by Crippen LogP contribution is -2.20. The lowest BCUT2D eigenvalue weighted by Gasteiger charge is -2.15. The quantitative estimate of drug-likeness (QED) is 0.328. The van der Waals surface area contributed by atoms with E-state index in [4.69, 9.17) is 0 Å². The van der Waals surface area contributed by atoms with Crippen LogP contribution in [0.3, 0.4) is 0 Å². The fraction of sp³-hybridized carbons (Fsp3) is 0.400. The molecule has 0 aliphatic rings. The van der Waals surface area contributed by atoms with Crippen molar-refractivity contribution >= 4 is 28.6 Å². The summed E-state index contributed by atoms with van der Waals surface area (Å²) in [6, 6.07) is 0.481. The number of hydrogen-bond donors (Lipinski definition) is 0. The fourth-order valence-electron chi connectivity index (χ4n) is 1.22. The molecule has 0 aromatic carbocycles. The number of pyridine rings is 1. The Morgan fingerprint density at radius 2 is 2.05 bits per heavy atom. The minimum Gasteiger partial charge on any atom is -0.461 e. The predicted molar refractivity (Wildman–Crippen MR) is 64.6 cm³/mol. The molecule has 0 amide bonds. The van der Waals surface area contributed by atoms with Gasteiger partial charge in [-0.25, -0.2) is 18.6 Å². The van der Waals surface area contributed by atoms with Crippen LogP contribution in [-0.4, -0.2) is 23.9 Å². The van der Waals surface area contributed by atoms with Gasteiger partial charge in [-0.2, -0.15) is 0 Å². The predicted octanol–water partition coefficient (Wildman–Crippen LogP) is 3.70. The molecule has 0 N–H and O–H groups in total. The van der Waals surface area contributed by atoms with Crippen molar-refractivity contribution in [3.05, 3.63) is 21.0 Å². The summed E-state index contributed by atoms with van der Waals surface area (Å²) in [5, 5.41) is 0. The van der Waals surface area contributed by atoms with Crippen LogP contribution in [0, 0.1) is 3.70 Å². The average molecular weight is 411 g/mol. The first-order valence-corrected chi connectivity index (χ1v) is 6.15. The molecule has 0 fully saturated rings. The summed E-state index contributed by atoms with van der Waals surface area (Å²) < 4.78 is 69.6. The Balaban J connectivity index is 3.31. The van der Waals surface area contributed by atoms with Gasteiger partial charge >= 0.3 is 12.3 Å². The average Bonchev–Trinajstić information content (AvgIpc) is 2.25. The maximum atomic E-state index is 12.7. The second-order valence-electron chi connectivity index (χ2n) is 3.28. The first-order valence-electron chi connectivity index (χ1n) is 5.07. The van der Waals surface area contributed by atoms with Crippen LogP contribution < -0.4 is 4.74 Å². The second kappa shape index (κ2) is 6.50. The number of alkyl halides is 5. The molecule has 0 bridgehead atoms. The molecule has 0 saturated heterocycles. The normalized spacial score (nSPS) is 11.6. The highest BCUT2D eigenvalue weighted by molar-refractivity contribution is 14.1. The summed E-state index contributed by atoms with van der Waals surface area (Å²) in [7, 11) is 0. The molecule has 1 rings (SSSR count). The molecular formula is C10H7F5INO3. The summed E-state index contributed by atoms with van der Waals surface area (Å²) in [6.07, 6.45) is -8.40. The van der Waals surface area contributed by atoms with Crippen molar-refractivity contribution in [2.75, 3.05) is 6.61 Å². The molecule has 0 atom stereocenters. The van der Waals surface area contributed by atoms with Gasteiger partial charge in [-0.1, -0.05) is 0 Å². The highest BCUT2D eigenvalue weighted by Crippen LogP contribution is 2.36. The van der Waals surface area contributed by atoms with Gasteiger partial charge in [0.05, 0.1) is 12.2 Å². The van der Waals surface area contributed by atoms with Crippen LogP contribution in [0.15, 0.2) is 6.07 Å². The van der Waals surface area contributed by atoms with Gasteiger partial charge in [0.2, 0.25) is 0 Å². The van der Waals surface area contributed by atoms with E-state index in [0.29, 0.717) is 6.07 Å². The maximum Gasteiger partial charge on any atom is 0.573 e. The lowest BCUT2D eigenvalue weighted by atomic mass is 10.2. The van der Waals surface area contributed by atoms with E-state index in [0.717, 1.165) is 0 Å². The van der Waals surface area contributed by atoms with Crippen LogP contribution in [0.5, 0.6) is 5.75 Å². The van der Waals surface area contributed by atoms with Crippen LogP contribution in [0.2, 0.25) is 0 Å². The minimum atomic E-state index is -5.17. The van der Waals surface area contributed by atoms with Crippen molar-refractivity contribution < 1.29 is 36.2 Å². The molecule has 0 spiro atoms. The number of aromatic nitrogens is 1. The van der Waals surface area contributed by atoms with E-state index in [9.17, 15) is 26.7 Å². The van der Waals surface area contributed by atoms with Crippen LogP contribution in [-0.2, 0) is 4.74 Å². The third kappa shape index (κ3) is 4.42. The Bertz CT molecular complexity index is 506. The van der Waals surface area contributed by atoms with E-state index < -0.39 is 39.5 Å². The van der Waals surface area contributed by atoms with E-state index in [1.165, 1.54) is 29.5 Å². The van der Waals surface area contributed by atoms with Crippen molar-refractivity contribution in [3.63, 3.8) is 0 Å². The van der Waals surface area contributed by atoms with E-state index in [1.807, 2.05) is 0 Å². The van der Waals surface area contributed by atoms with E-state index >= 15 is 0 Å². The number of halogens is 6. The van der Waals surface area contributed by atoms with Gasteiger partial charge in [0.1, 0.15) is 9.45 Å². The smallest absolute Gasteiger partial charge is 0.461 e. The highest BCUT2D eigenvalue weighted by Gasteiger charge is 2.35. The third-order valence-electron chi connectivity index (χ3n) is 1.90. The monoisotopic (exact) mass is 411 g/mol. The van der Waals surface area contributed by atoms with Crippen molar-refractivity contribution in [1.29, 1.82) is 0 Å². The van der Waals surface area contributed by atoms with Gasteiger partial charge in [0, 0.05) is 6.07 Å². The maximum absolute atomic E-state index is 12.7. The molecule has 0 saturated carbocycles. The van der Waals surface area contributed by atoms with Gasteiger partial charge < -0.3 is 9.47 Å². The zero-order valence-corrected chi connectivity index (χ0v) is 12.0. The van der Waals surface area contributed by atoms with Crippen molar-refractivity contribution in [3.8, 4) is 5.75 Å². The van der Waals surface area contributed by atoms with Gasteiger partial charge in [-0.05, 0) is 29.5 Å². The molecule has 1 aromatic heterocycles. The number of ether oxygens (including phenoxy) is 2. The number of carbonyl (C=O) groups is 1. The first-order chi connectivity index (χ1) is 9.15. The number of esters is 1. The SMILES string of the molecule is CCOC(=O)c1cc(OC(F)(F)F)c(C(F)F)c(I)n1. The highest BCUT2D eigenvalue weighted by atomic mass is 127. The molecule has 0 aliphatic carbocycles. The number of hydrogen-bond acceptors (Lipinski definition) is 4. The zero-order valence-electron chi connectivity index (χ0n) is 9.80. The summed E-state index contributed by atoms with van der Waals surface area (Å²) in [6.45, 7) is 1.44. The number of nitrogens with zero attached hydrogens (tertiary/aromatic N) is 1. The molecular weight excluding hydrogens is 404 g/mol. The molecule has 1 heterocycles. The Morgan fingerprint density at radius 3 is 2.50 bits per heavy atom. The van der Waals surface area contributed by atoms with Crippen LogP contribution in [0.25, 0.3) is 0 Å². The van der Waals surface area contributed by atoms with Crippen molar-refractivity contribution in [2.45, 2.75) is 19.7 Å². The van der Waals surface area contributed by atoms with Gasteiger partial charge in [-0.15, -0.1) is 13.2 Å². The molecule has 10 heteroatoms. The molecule has 1 aromatic rings. The van der Waals surface area contributed by atoms with E-state index in [-0.39, 0.29) is 6.61 Å². The Hall–Kier alpha value is -1.20. The summed E-state index contributed by atoms with van der Waals surface area (Å²) in [5.74, 6) is -2.20. The van der Waals surface area contributed by atoms with Crippen LogP contribution >= 0.6 is 22.6 Å². The summed E-state index contributed by atoms with van der Waals surface area (Å²) >= 11 is 1.29. The fourth-order valence-corrected chi connectivity index (χ4v) is 1.98. The van der Waals surface area contributed by atoms with Gasteiger partial charge in [0.15, 0.2) is 5.69 Å². The standard InChI is InChI=1S/C10H7F5INO3/c1-2-19-9(18)4-3-5(20-10(13,14)15)6(7(11)12)8(16)17-4/h3,7H,2H2,1H3. The van der Waals surface area contributed by atoms with Crippen LogP contribution in [0.4, 0.5) is 22.0 Å². The Morgan fingerprint density at radius 1 is 1.45 bits per heavy atom. The summed E-state index contributed by atoms with van der Waals surface area (Å²) in [5.41, 5.74) is -1.57. The molecule has 0 aliphatic heterocycles. The Kier molecular flexibility index (Phi) is 5.48. The van der Waals surface area contributed by atoms with Crippen molar-refractivity contribution in [1.82, 2.24) is 4.98 Å². The van der Waals surface area contributed by atoms with Gasteiger partial charge in [0.25, 0.3) is 6.43 Å². The van der Waals surface area contributed by atoms with E-state index in [1.54, 1.807) is 0 Å². The Labute approximate surface area is 123 Å². The molecule has 112 valence electrons. The van der Waals surface area contributed by atoms with Gasteiger partial charge in [-0.3, -0.25) is 0 Å². The third-order valence-corrected chi connectivity index (χ3v) is 2.72. The molecule has 0 unspecified atom stereocenters. The first kappa shape index (κ1) is 16.9. The van der Waals surface area contributed by atoms with Crippen LogP contribution in [0.1, 0.15) is 29.4 Å². The minimum absolute atomic E-state index is 0.0385.